The maximum atomic E-state index is 12.3. The van der Waals surface area contributed by atoms with Crippen LogP contribution >= 0.6 is 11.6 Å². The fourth-order valence-electron chi connectivity index (χ4n) is 3.51. The van der Waals surface area contributed by atoms with Crippen LogP contribution in [0.5, 0.6) is 0 Å². The molecule has 1 aliphatic rings. The molecule has 6 nitrogen and oxygen atoms in total. The van der Waals surface area contributed by atoms with Gasteiger partial charge in [0.2, 0.25) is 5.91 Å². The Labute approximate surface area is 183 Å². The Bertz CT molecular complexity index is 849. The predicted molar refractivity (Wildman–Crippen MR) is 123 cm³/mol. The van der Waals surface area contributed by atoms with Gasteiger partial charge in [-0.2, -0.15) is 0 Å². The van der Waals surface area contributed by atoms with E-state index in [4.69, 9.17) is 11.6 Å². The van der Waals surface area contributed by atoms with Gasteiger partial charge < -0.3 is 20.4 Å². The molecule has 0 saturated carbocycles. The largest absolute Gasteiger partial charge is 0.368 e. The summed E-state index contributed by atoms with van der Waals surface area (Å²) < 4.78 is 0. The quantitative estimate of drug-likeness (QED) is 0.594. The van der Waals surface area contributed by atoms with Crippen molar-refractivity contribution in [1.82, 2.24) is 4.90 Å². The average molecular weight is 429 g/mol. The highest BCUT2D eigenvalue weighted by molar-refractivity contribution is 6.30. The first-order chi connectivity index (χ1) is 14.5. The lowest BCUT2D eigenvalue weighted by Gasteiger charge is -2.36. The van der Waals surface area contributed by atoms with Gasteiger partial charge in [0.1, 0.15) is 0 Å². The number of unbranched alkanes of at least 4 members (excludes halogenated alkanes) is 2. The molecule has 2 N–H and O–H groups in total. The minimum absolute atomic E-state index is 0.272. The molecule has 2 aromatic rings. The third-order valence-corrected chi connectivity index (χ3v) is 5.43. The van der Waals surface area contributed by atoms with E-state index in [2.05, 4.69) is 22.5 Å². The van der Waals surface area contributed by atoms with Crippen LogP contribution in [0.4, 0.5) is 21.9 Å². The lowest BCUT2D eigenvalue weighted by Crippen LogP contribution is -2.48. The zero-order valence-electron chi connectivity index (χ0n) is 17.4. The third-order valence-electron chi connectivity index (χ3n) is 5.20. The molecule has 1 aliphatic heterocycles. The van der Waals surface area contributed by atoms with Gasteiger partial charge in [-0.3, -0.25) is 4.79 Å². The Morgan fingerprint density at radius 1 is 0.933 bits per heavy atom. The van der Waals surface area contributed by atoms with Crippen LogP contribution in [0.1, 0.15) is 32.6 Å². The van der Waals surface area contributed by atoms with Crippen molar-refractivity contribution < 1.29 is 9.59 Å². The second-order valence-electron chi connectivity index (χ2n) is 7.46. The molecule has 1 heterocycles. The normalized spacial score (nSPS) is 13.8. The van der Waals surface area contributed by atoms with Crippen LogP contribution in [-0.4, -0.2) is 43.0 Å². The van der Waals surface area contributed by atoms with Gasteiger partial charge in [0.25, 0.3) is 0 Å². The number of urea groups is 1. The minimum Gasteiger partial charge on any atom is -0.368 e. The van der Waals surface area contributed by atoms with Gasteiger partial charge in [-0.15, -0.1) is 0 Å². The molecule has 160 valence electrons. The first-order valence-electron chi connectivity index (χ1n) is 10.5. The number of hydrogen-bond acceptors (Lipinski definition) is 3. The zero-order chi connectivity index (χ0) is 21.3. The number of carbonyl (C=O) groups excluding carboxylic acids is 2. The summed E-state index contributed by atoms with van der Waals surface area (Å²) in [5.41, 5.74) is 2.44. The van der Waals surface area contributed by atoms with Crippen molar-refractivity contribution in [1.29, 1.82) is 0 Å². The summed E-state index contributed by atoms with van der Waals surface area (Å²) >= 11 is 5.94. The SMILES string of the molecule is CCCCCC(=O)N1CCN(c2ccc(NC(=O)Nc3cccc(Cl)c3)cc2)CC1. The molecule has 2 aromatic carbocycles. The highest BCUT2D eigenvalue weighted by Crippen LogP contribution is 2.21. The van der Waals surface area contributed by atoms with E-state index >= 15 is 0 Å². The molecule has 30 heavy (non-hydrogen) atoms. The van der Waals surface area contributed by atoms with E-state index in [1.54, 1.807) is 24.3 Å². The van der Waals surface area contributed by atoms with Crippen LogP contribution in [0.15, 0.2) is 48.5 Å². The summed E-state index contributed by atoms with van der Waals surface area (Å²) in [6, 6.07) is 14.4. The lowest BCUT2D eigenvalue weighted by molar-refractivity contribution is -0.131. The van der Waals surface area contributed by atoms with Gasteiger partial charge in [0, 0.05) is 54.7 Å². The molecular weight excluding hydrogens is 400 g/mol. The van der Waals surface area contributed by atoms with E-state index in [9.17, 15) is 9.59 Å². The minimum atomic E-state index is -0.319. The Kier molecular flexibility index (Phi) is 7.97. The third kappa shape index (κ3) is 6.39. The van der Waals surface area contributed by atoms with Gasteiger partial charge in [-0.25, -0.2) is 4.79 Å². The Balaban J connectivity index is 1.46. The molecule has 0 atom stereocenters. The first kappa shape index (κ1) is 22.0. The summed E-state index contributed by atoms with van der Waals surface area (Å²) in [5, 5.41) is 6.15. The Hall–Kier alpha value is -2.73. The first-order valence-corrected chi connectivity index (χ1v) is 10.9. The maximum absolute atomic E-state index is 12.3. The molecular formula is C23H29ClN4O2. The van der Waals surface area contributed by atoms with Gasteiger partial charge in [-0.05, 0) is 48.9 Å². The summed E-state index contributed by atoms with van der Waals surface area (Å²) in [7, 11) is 0. The van der Waals surface area contributed by atoms with Crippen LogP contribution in [0.3, 0.4) is 0 Å². The van der Waals surface area contributed by atoms with E-state index in [1.807, 2.05) is 29.2 Å². The predicted octanol–water partition coefficient (Wildman–Crippen LogP) is 5.21. The van der Waals surface area contributed by atoms with Gasteiger partial charge in [0.05, 0.1) is 0 Å². The molecule has 0 unspecified atom stereocenters. The van der Waals surface area contributed by atoms with Crippen LogP contribution < -0.4 is 15.5 Å². The van der Waals surface area contributed by atoms with Gasteiger partial charge in [0.15, 0.2) is 0 Å². The summed E-state index contributed by atoms with van der Waals surface area (Å²) in [6.07, 6.45) is 3.89. The number of nitrogens with one attached hydrogen (secondary N) is 2. The highest BCUT2D eigenvalue weighted by atomic mass is 35.5. The van der Waals surface area contributed by atoms with E-state index < -0.39 is 0 Å². The zero-order valence-corrected chi connectivity index (χ0v) is 18.1. The molecule has 0 bridgehead atoms. The average Bonchev–Trinajstić information content (AvgIpc) is 2.74. The molecule has 7 heteroatoms. The van der Waals surface area contributed by atoms with Crippen molar-refractivity contribution >= 4 is 40.6 Å². The Morgan fingerprint density at radius 3 is 2.30 bits per heavy atom. The monoisotopic (exact) mass is 428 g/mol. The molecule has 0 spiro atoms. The second-order valence-corrected chi connectivity index (χ2v) is 7.90. The summed E-state index contributed by atoms with van der Waals surface area (Å²) in [6.45, 7) is 5.30. The van der Waals surface area contributed by atoms with E-state index in [0.29, 0.717) is 22.8 Å². The smallest absolute Gasteiger partial charge is 0.323 e. The number of nitrogens with zero attached hydrogens (tertiary/aromatic N) is 2. The van der Waals surface area contributed by atoms with Gasteiger partial charge in [-0.1, -0.05) is 37.4 Å². The molecule has 1 saturated heterocycles. The van der Waals surface area contributed by atoms with Crippen molar-refractivity contribution in [2.75, 3.05) is 41.7 Å². The lowest BCUT2D eigenvalue weighted by atomic mass is 10.1. The molecule has 3 amide bonds. The molecule has 0 aliphatic carbocycles. The van der Waals surface area contributed by atoms with Crippen LogP contribution in [0.2, 0.25) is 5.02 Å². The van der Waals surface area contributed by atoms with Crippen molar-refractivity contribution in [3.05, 3.63) is 53.6 Å². The molecule has 1 fully saturated rings. The number of hydrogen-bond donors (Lipinski definition) is 2. The highest BCUT2D eigenvalue weighted by Gasteiger charge is 2.20. The van der Waals surface area contributed by atoms with E-state index in [-0.39, 0.29) is 11.9 Å². The number of piperazine rings is 1. The molecule has 0 aromatic heterocycles. The van der Waals surface area contributed by atoms with E-state index in [0.717, 1.165) is 51.1 Å². The number of amides is 3. The Morgan fingerprint density at radius 2 is 1.63 bits per heavy atom. The van der Waals surface area contributed by atoms with Gasteiger partial charge >= 0.3 is 6.03 Å². The summed E-state index contributed by atoms with van der Waals surface area (Å²) in [4.78, 5) is 28.7. The fraction of sp³-hybridized carbons (Fsp3) is 0.391. The topological polar surface area (TPSA) is 64.7 Å². The number of benzene rings is 2. The van der Waals surface area contributed by atoms with Crippen molar-refractivity contribution in [2.45, 2.75) is 32.6 Å². The van der Waals surface area contributed by atoms with Crippen molar-refractivity contribution in [2.24, 2.45) is 0 Å². The number of anilines is 3. The fourth-order valence-corrected chi connectivity index (χ4v) is 3.70. The van der Waals surface area contributed by atoms with Crippen LogP contribution in [0.25, 0.3) is 0 Å². The van der Waals surface area contributed by atoms with Crippen LogP contribution in [0, 0.1) is 0 Å². The maximum Gasteiger partial charge on any atom is 0.323 e. The van der Waals surface area contributed by atoms with Crippen LogP contribution in [-0.2, 0) is 4.79 Å². The number of rotatable bonds is 7. The van der Waals surface area contributed by atoms with Crippen molar-refractivity contribution in [3.8, 4) is 0 Å². The number of carbonyl (C=O) groups is 2. The molecule has 3 rings (SSSR count). The standard InChI is InChI=1S/C23H29ClN4O2/c1-2-3-4-8-22(29)28-15-13-27(14-16-28)21-11-9-19(10-12-21)25-23(30)26-20-7-5-6-18(24)17-20/h5-7,9-12,17H,2-4,8,13-16H2,1H3,(H2,25,26,30). The van der Waals surface area contributed by atoms with Crippen molar-refractivity contribution in [3.63, 3.8) is 0 Å². The summed E-state index contributed by atoms with van der Waals surface area (Å²) in [5.74, 6) is 0.272. The van der Waals surface area contributed by atoms with E-state index in [1.165, 1.54) is 0 Å². The second kappa shape index (κ2) is 10.9. The molecule has 0 radical (unpaired) electrons. The number of halogens is 1.